The standard InChI is InChI=1S/C45H44N8O5/c1-27(2)34-21-30(23-39-42(34)52(4)45(57)51(39)3)33-12-6-10-29-22-37(47-26-35(29)33)31-24-38(53-16-18-58-19-17-53)41(48-25-31)44(56)46-15-7-9-28-8-5-11-32(20-28)49-36-13-14-40(54)50-43(36)55/h5-6,8,10-12,20-27,36,49H,13-19H2,1-4H3,(H,46,56)(H,50,54,55). The van der Waals surface area contributed by atoms with Crippen molar-refractivity contribution < 1.29 is 19.1 Å². The van der Waals surface area contributed by atoms with Crippen LogP contribution in [0, 0.1) is 11.8 Å². The molecule has 2 fully saturated rings. The fraction of sp³-hybridized carbons (Fsp3) is 0.289. The Morgan fingerprint density at radius 2 is 1.76 bits per heavy atom. The van der Waals surface area contributed by atoms with E-state index in [1.807, 2.05) is 62.8 Å². The van der Waals surface area contributed by atoms with Crippen molar-refractivity contribution >= 4 is 50.9 Å². The number of aryl methyl sites for hydroxylation is 2. The maximum Gasteiger partial charge on any atom is 0.328 e. The monoisotopic (exact) mass is 776 g/mol. The predicted molar refractivity (Wildman–Crippen MR) is 225 cm³/mol. The Kier molecular flexibility index (Phi) is 10.5. The van der Waals surface area contributed by atoms with Gasteiger partial charge in [-0.2, -0.15) is 0 Å². The van der Waals surface area contributed by atoms with Crippen LogP contribution in [0.15, 0.2) is 83.9 Å². The molecule has 13 nitrogen and oxygen atoms in total. The second-order valence-electron chi connectivity index (χ2n) is 15.0. The highest BCUT2D eigenvalue weighted by molar-refractivity contribution is 6.02. The molecule has 2 aliphatic rings. The zero-order valence-electron chi connectivity index (χ0n) is 32.9. The zero-order valence-corrected chi connectivity index (χ0v) is 32.9. The van der Waals surface area contributed by atoms with Gasteiger partial charge in [0, 0.05) is 68.2 Å². The lowest BCUT2D eigenvalue weighted by molar-refractivity contribution is -0.133. The zero-order chi connectivity index (χ0) is 40.5. The van der Waals surface area contributed by atoms with Crippen molar-refractivity contribution in [2.24, 2.45) is 14.1 Å². The second kappa shape index (κ2) is 16.0. The summed E-state index contributed by atoms with van der Waals surface area (Å²) in [5, 5.41) is 10.4. The van der Waals surface area contributed by atoms with Crippen LogP contribution >= 0.6 is 0 Å². The van der Waals surface area contributed by atoms with E-state index in [-0.39, 0.29) is 48.0 Å². The Morgan fingerprint density at radius 1 is 0.948 bits per heavy atom. The molecule has 0 radical (unpaired) electrons. The maximum atomic E-state index is 13.6. The Bertz CT molecular complexity index is 2730. The lowest BCUT2D eigenvalue weighted by Gasteiger charge is -2.30. The van der Waals surface area contributed by atoms with Crippen LogP contribution in [-0.2, 0) is 28.4 Å². The van der Waals surface area contributed by atoms with Gasteiger partial charge in [0.25, 0.3) is 5.91 Å². The number of carbonyl (C=O) groups excluding carboxylic acids is 3. The number of pyridine rings is 2. The first-order chi connectivity index (χ1) is 28.0. The number of benzene rings is 3. The molecule has 5 heterocycles. The highest BCUT2D eigenvalue weighted by Crippen LogP contribution is 2.36. The molecule has 1 atom stereocenters. The smallest absolute Gasteiger partial charge is 0.328 e. The van der Waals surface area contributed by atoms with E-state index in [1.54, 1.807) is 15.3 Å². The Hall–Kier alpha value is -6.78. The summed E-state index contributed by atoms with van der Waals surface area (Å²) in [5.41, 5.74) is 8.84. The number of piperidine rings is 1. The third-order valence-electron chi connectivity index (χ3n) is 10.8. The third kappa shape index (κ3) is 7.54. The van der Waals surface area contributed by atoms with Gasteiger partial charge in [0.05, 0.1) is 42.2 Å². The number of nitrogens with zero attached hydrogens (tertiary/aromatic N) is 5. The maximum absolute atomic E-state index is 13.6. The summed E-state index contributed by atoms with van der Waals surface area (Å²) < 4.78 is 9.05. The molecule has 0 saturated carbocycles. The molecule has 3 aromatic carbocycles. The first-order valence-electron chi connectivity index (χ1n) is 19.4. The van der Waals surface area contributed by atoms with Crippen LogP contribution in [0.1, 0.15) is 54.2 Å². The number of anilines is 2. The number of ether oxygens (including phenoxy) is 1. The molecule has 2 aliphatic heterocycles. The number of carbonyl (C=O) groups is 3. The van der Waals surface area contributed by atoms with Gasteiger partial charge < -0.3 is 20.3 Å². The van der Waals surface area contributed by atoms with Gasteiger partial charge in [0.2, 0.25) is 11.8 Å². The van der Waals surface area contributed by atoms with Crippen LogP contribution < -0.4 is 26.5 Å². The van der Waals surface area contributed by atoms with Gasteiger partial charge >= 0.3 is 5.69 Å². The van der Waals surface area contributed by atoms with Crippen molar-refractivity contribution in [1.82, 2.24) is 29.7 Å². The van der Waals surface area contributed by atoms with E-state index in [1.165, 1.54) is 0 Å². The molecule has 1 unspecified atom stereocenters. The molecule has 13 heteroatoms. The number of morpholine rings is 1. The molecular weight excluding hydrogens is 733 g/mol. The number of amides is 3. The van der Waals surface area contributed by atoms with E-state index in [2.05, 4.69) is 75.8 Å². The van der Waals surface area contributed by atoms with Crippen molar-refractivity contribution in [3.8, 4) is 34.2 Å². The van der Waals surface area contributed by atoms with Crippen LogP contribution in [0.25, 0.3) is 44.2 Å². The molecule has 0 bridgehead atoms. The number of nitrogens with one attached hydrogen (secondary N) is 3. The number of fused-ring (bicyclic) bond motifs is 2. The molecule has 2 saturated heterocycles. The summed E-state index contributed by atoms with van der Waals surface area (Å²) in [5.74, 6) is 5.35. The van der Waals surface area contributed by atoms with Gasteiger partial charge in [-0.25, -0.2) is 9.78 Å². The van der Waals surface area contributed by atoms with E-state index in [0.717, 1.165) is 49.8 Å². The summed E-state index contributed by atoms with van der Waals surface area (Å²) in [6.07, 6.45) is 4.28. The summed E-state index contributed by atoms with van der Waals surface area (Å²) in [4.78, 5) is 61.9. The van der Waals surface area contributed by atoms with E-state index < -0.39 is 6.04 Å². The first kappa shape index (κ1) is 38.1. The minimum Gasteiger partial charge on any atom is -0.378 e. The average molecular weight is 777 g/mol. The van der Waals surface area contributed by atoms with Crippen LogP contribution in [0.4, 0.5) is 11.4 Å². The quantitative estimate of drug-likeness (QED) is 0.142. The molecule has 3 amide bonds. The number of hydrogen-bond acceptors (Lipinski definition) is 9. The molecule has 294 valence electrons. The van der Waals surface area contributed by atoms with E-state index >= 15 is 0 Å². The fourth-order valence-electron chi connectivity index (χ4n) is 7.75. The van der Waals surface area contributed by atoms with Gasteiger partial charge in [-0.05, 0) is 76.9 Å². The van der Waals surface area contributed by atoms with Crippen molar-refractivity contribution in [2.45, 2.75) is 38.6 Å². The molecule has 3 aromatic heterocycles. The van der Waals surface area contributed by atoms with E-state index in [9.17, 15) is 19.2 Å². The molecule has 0 spiro atoms. The number of hydrogen-bond donors (Lipinski definition) is 3. The molecule has 6 aromatic rings. The van der Waals surface area contributed by atoms with Crippen molar-refractivity contribution in [3.05, 3.63) is 106 Å². The molecule has 58 heavy (non-hydrogen) atoms. The first-order valence-corrected chi connectivity index (χ1v) is 19.4. The van der Waals surface area contributed by atoms with Gasteiger partial charge in [-0.15, -0.1) is 0 Å². The third-order valence-corrected chi connectivity index (χ3v) is 10.8. The fourth-order valence-corrected chi connectivity index (χ4v) is 7.75. The SMILES string of the molecule is CC(C)c1cc(-c2cccc3cc(-c4cnc(C(=O)NCC#Cc5cccc(NC6CCC(=O)NC6=O)c5)c(N5CCOCC5)c4)ncc23)cc2c1n(C)c(=O)n2C. The van der Waals surface area contributed by atoms with Gasteiger partial charge in [-0.3, -0.25) is 33.8 Å². The van der Waals surface area contributed by atoms with Crippen LogP contribution in [0.3, 0.4) is 0 Å². The average Bonchev–Trinajstić information content (AvgIpc) is 3.45. The van der Waals surface area contributed by atoms with Crippen molar-refractivity contribution in [3.63, 3.8) is 0 Å². The number of imidazole rings is 1. The van der Waals surface area contributed by atoms with Crippen molar-refractivity contribution in [2.75, 3.05) is 43.1 Å². The van der Waals surface area contributed by atoms with Crippen LogP contribution in [-0.4, -0.2) is 75.7 Å². The van der Waals surface area contributed by atoms with E-state index in [0.29, 0.717) is 49.7 Å². The number of imide groups is 1. The summed E-state index contributed by atoms with van der Waals surface area (Å²) in [7, 11) is 3.63. The second-order valence-corrected chi connectivity index (χ2v) is 15.0. The van der Waals surface area contributed by atoms with Crippen molar-refractivity contribution in [1.29, 1.82) is 0 Å². The van der Waals surface area contributed by atoms with Gasteiger partial charge in [0.1, 0.15) is 6.04 Å². The number of aromatic nitrogens is 4. The largest absolute Gasteiger partial charge is 0.378 e. The topological polar surface area (TPSA) is 152 Å². The lowest BCUT2D eigenvalue weighted by Crippen LogP contribution is -2.47. The van der Waals surface area contributed by atoms with Gasteiger partial charge in [0.15, 0.2) is 5.69 Å². The molecule has 8 rings (SSSR count). The normalized spacial score (nSPS) is 15.7. The Morgan fingerprint density at radius 3 is 2.55 bits per heavy atom. The van der Waals surface area contributed by atoms with Crippen LogP contribution in [0.5, 0.6) is 0 Å². The summed E-state index contributed by atoms with van der Waals surface area (Å²) >= 11 is 0. The Labute approximate surface area is 335 Å². The minimum absolute atomic E-state index is 0.0541. The molecular formula is C45H44N8O5. The summed E-state index contributed by atoms with van der Waals surface area (Å²) in [6.45, 7) is 6.67. The van der Waals surface area contributed by atoms with Crippen LogP contribution in [0.2, 0.25) is 0 Å². The molecule has 3 N–H and O–H groups in total. The predicted octanol–water partition coefficient (Wildman–Crippen LogP) is 5.11. The van der Waals surface area contributed by atoms with Gasteiger partial charge in [-0.1, -0.05) is 50.0 Å². The minimum atomic E-state index is -0.497. The highest BCUT2D eigenvalue weighted by atomic mass is 16.5. The highest BCUT2D eigenvalue weighted by Gasteiger charge is 2.26. The summed E-state index contributed by atoms with van der Waals surface area (Å²) in [6, 6.07) is 21.3. The Balaban J connectivity index is 1.04. The lowest BCUT2D eigenvalue weighted by atomic mass is 9.93. The molecule has 0 aliphatic carbocycles. The van der Waals surface area contributed by atoms with E-state index in [4.69, 9.17) is 9.72 Å². The number of rotatable bonds is 8.